The molecule has 6 heteroatoms. The van der Waals surface area contributed by atoms with Gasteiger partial charge in [-0.15, -0.1) is 11.3 Å². The number of hydrogen-bond donors (Lipinski definition) is 2. The quantitative estimate of drug-likeness (QED) is 0.873. The van der Waals surface area contributed by atoms with E-state index in [4.69, 9.17) is 27.9 Å². The number of thiophene rings is 1. The van der Waals surface area contributed by atoms with E-state index in [9.17, 15) is 5.11 Å². The van der Waals surface area contributed by atoms with Crippen molar-refractivity contribution in [1.29, 1.82) is 0 Å². The van der Waals surface area contributed by atoms with Crippen LogP contribution in [0.2, 0.25) is 9.36 Å². The van der Waals surface area contributed by atoms with Crippen LogP contribution in [0.3, 0.4) is 0 Å². The summed E-state index contributed by atoms with van der Waals surface area (Å²) in [5.41, 5.74) is 0.701. The van der Waals surface area contributed by atoms with Gasteiger partial charge in [-0.2, -0.15) is 0 Å². The van der Waals surface area contributed by atoms with Gasteiger partial charge in [0.15, 0.2) is 11.5 Å². The third kappa shape index (κ3) is 3.76. The number of hydrogen-bond acceptors (Lipinski definition) is 4. The first kappa shape index (κ1) is 14.5. The molecule has 2 rings (SSSR count). The molecule has 1 heterocycles. The van der Waals surface area contributed by atoms with E-state index in [1.165, 1.54) is 18.4 Å². The average molecular weight is 318 g/mol. The number of aromatic hydroxyl groups is 1. The molecule has 0 radical (unpaired) electrons. The van der Waals surface area contributed by atoms with Gasteiger partial charge in [0.25, 0.3) is 0 Å². The number of halogens is 2. The van der Waals surface area contributed by atoms with Gasteiger partial charge in [-0.05, 0) is 18.2 Å². The second-order valence-corrected chi connectivity index (χ2v) is 6.16. The van der Waals surface area contributed by atoms with E-state index in [-0.39, 0.29) is 5.75 Å². The summed E-state index contributed by atoms with van der Waals surface area (Å²) in [5, 5.41) is 13.7. The van der Waals surface area contributed by atoms with Gasteiger partial charge in [-0.1, -0.05) is 23.2 Å². The van der Waals surface area contributed by atoms with Gasteiger partial charge in [-0.25, -0.2) is 0 Å². The SMILES string of the molecule is COc1cc(Cl)cc(CNCc2ccc(Cl)s2)c1O. The molecule has 0 aliphatic carbocycles. The molecule has 19 heavy (non-hydrogen) atoms. The average Bonchev–Trinajstić information content (AvgIpc) is 2.79. The van der Waals surface area contributed by atoms with Crippen LogP contribution in [0.1, 0.15) is 10.4 Å². The molecule has 0 spiro atoms. The van der Waals surface area contributed by atoms with E-state index in [0.717, 1.165) is 9.21 Å². The number of phenolic OH excluding ortho intramolecular Hbond substituents is 1. The fourth-order valence-electron chi connectivity index (χ4n) is 1.69. The molecule has 1 aromatic heterocycles. The number of rotatable bonds is 5. The lowest BCUT2D eigenvalue weighted by atomic mass is 10.2. The Bertz CT molecular complexity index is 572. The molecule has 1 aromatic carbocycles. The van der Waals surface area contributed by atoms with Crippen LogP contribution < -0.4 is 10.1 Å². The Morgan fingerprint density at radius 1 is 1.26 bits per heavy atom. The van der Waals surface area contributed by atoms with Gasteiger partial charge in [0.1, 0.15) is 0 Å². The standard InChI is InChI=1S/C13H13Cl2NO2S/c1-18-11-5-9(14)4-8(13(11)17)6-16-7-10-2-3-12(15)19-10/h2-5,16-17H,6-7H2,1H3. The lowest BCUT2D eigenvalue weighted by Crippen LogP contribution is -2.12. The summed E-state index contributed by atoms with van der Waals surface area (Å²) >= 11 is 13.4. The van der Waals surface area contributed by atoms with Gasteiger partial charge < -0.3 is 15.2 Å². The highest BCUT2D eigenvalue weighted by molar-refractivity contribution is 7.16. The van der Waals surface area contributed by atoms with Crippen molar-refractivity contribution in [3.8, 4) is 11.5 Å². The summed E-state index contributed by atoms with van der Waals surface area (Å²) in [4.78, 5) is 1.14. The largest absolute Gasteiger partial charge is 0.504 e. The molecule has 0 unspecified atom stereocenters. The van der Waals surface area contributed by atoms with Crippen molar-refractivity contribution >= 4 is 34.5 Å². The molecule has 0 atom stereocenters. The molecule has 0 aliphatic heterocycles. The fourth-order valence-corrected chi connectivity index (χ4v) is 2.97. The van der Waals surface area contributed by atoms with Crippen LogP contribution >= 0.6 is 34.5 Å². The fraction of sp³-hybridized carbons (Fsp3) is 0.231. The third-order valence-electron chi connectivity index (χ3n) is 2.58. The predicted octanol–water partition coefficient (Wildman–Crippen LogP) is 4.06. The first-order valence-corrected chi connectivity index (χ1v) is 7.17. The Kier molecular flexibility index (Phi) is 4.93. The Morgan fingerprint density at radius 2 is 2.05 bits per heavy atom. The van der Waals surface area contributed by atoms with Gasteiger partial charge >= 0.3 is 0 Å². The molecule has 2 N–H and O–H groups in total. The second kappa shape index (κ2) is 6.48. The molecular formula is C13H13Cl2NO2S. The van der Waals surface area contributed by atoms with Gasteiger partial charge in [-0.3, -0.25) is 0 Å². The Balaban J connectivity index is 2.01. The van der Waals surface area contributed by atoms with Gasteiger partial charge in [0, 0.05) is 34.6 Å². The zero-order chi connectivity index (χ0) is 13.8. The minimum Gasteiger partial charge on any atom is -0.504 e. The van der Waals surface area contributed by atoms with Crippen LogP contribution in [0, 0.1) is 0 Å². The van der Waals surface area contributed by atoms with Crippen molar-refractivity contribution in [2.24, 2.45) is 0 Å². The number of phenols is 1. The summed E-state index contributed by atoms with van der Waals surface area (Å²) in [5.74, 6) is 0.493. The first-order valence-electron chi connectivity index (χ1n) is 5.60. The van der Waals surface area contributed by atoms with Crippen LogP contribution in [-0.4, -0.2) is 12.2 Å². The molecule has 0 amide bonds. The summed E-state index contributed by atoms with van der Waals surface area (Å²) < 4.78 is 5.82. The molecule has 0 saturated carbocycles. The monoisotopic (exact) mass is 317 g/mol. The first-order chi connectivity index (χ1) is 9.10. The van der Waals surface area contributed by atoms with Crippen molar-refractivity contribution in [1.82, 2.24) is 5.32 Å². The Labute approximate surface area is 125 Å². The minimum atomic E-state index is 0.114. The van der Waals surface area contributed by atoms with Crippen LogP contribution in [0.15, 0.2) is 24.3 Å². The van der Waals surface area contributed by atoms with Crippen molar-refractivity contribution < 1.29 is 9.84 Å². The molecule has 102 valence electrons. The van der Waals surface area contributed by atoms with Crippen molar-refractivity contribution in [2.75, 3.05) is 7.11 Å². The predicted molar refractivity (Wildman–Crippen MR) is 79.5 cm³/mol. The maximum atomic E-state index is 9.97. The summed E-state index contributed by atoms with van der Waals surface area (Å²) in [6, 6.07) is 7.13. The highest BCUT2D eigenvalue weighted by Gasteiger charge is 2.09. The van der Waals surface area contributed by atoms with E-state index in [2.05, 4.69) is 5.32 Å². The molecule has 0 fully saturated rings. The lowest BCUT2D eigenvalue weighted by Gasteiger charge is -2.10. The highest BCUT2D eigenvalue weighted by Crippen LogP contribution is 2.33. The number of benzene rings is 1. The maximum Gasteiger partial charge on any atom is 0.162 e. The molecule has 2 aromatic rings. The van der Waals surface area contributed by atoms with Gasteiger partial charge in [0.05, 0.1) is 11.4 Å². The van der Waals surface area contributed by atoms with E-state index in [1.807, 2.05) is 12.1 Å². The van der Waals surface area contributed by atoms with E-state index in [1.54, 1.807) is 12.1 Å². The maximum absolute atomic E-state index is 9.97. The van der Waals surface area contributed by atoms with Crippen molar-refractivity contribution in [3.05, 3.63) is 44.1 Å². The topological polar surface area (TPSA) is 41.5 Å². The smallest absolute Gasteiger partial charge is 0.162 e. The summed E-state index contributed by atoms with van der Waals surface area (Å²) in [6.45, 7) is 1.18. The normalized spacial score (nSPS) is 10.7. The van der Waals surface area contributed by atoms with E-state index >= 15 is 0 Å². The van der Waals surface area contributed by atoms with Crippen LogP contribution in [0.25, 0.3) is 0 Å². The van der Waals surface area contributed by atoms with Crippen LogP contribution in [0.5, 0.6) is 11.5 Å². The molecular weight excluding hydrogens is 305 g/mol. The highest BCUT2D eigenvalue weighted by atomic mass is 35.5. The molecule has 0 aliphatic rings. The van der Waals surface area contributed by atoms with E-state index < -0.39 is 0 Å². The summed E-state index contributed by atoms with van der Waals surface area (Å²) in [6.07, 6.45) is 0. The third-order valence-corrected chi connectivity index (χ3v) is 4.03. The van der Waals surface area contributed by atoms with Crippen LogP contribution in [0.4, 0.5) is 0 Å². The number of methoxy groups -OCH3 is 1. The Morgan fingerprint density at radius 3 is 2.68 bits per heavy atom. The molecule has 0 bridgehead atoms. The zero-order valence-electron chi connectivity index (χ0n) is 10.2. The van der Waals surface area contributed by atoms with Crippen LogP contribution in [-0.2, 0) is 13.1 Å². The van der Waals surface area contributed by atoms with Crippen molar-refractivity contribution in [3.63, 3.8) is 0 Å². The second-order valence-electron chi connectivity index (χ2n) is 3.93. The molecule has 0 saturated heterocycles. The zero-order valence-corrected chi connectivity index (χ0v) is 12.6. The number of ether oxygens (including phenoxy) is 1. The molecule has 3 nitrogen and oxygen atoms in total. The minimum absolute atomic E-state index is 0.114. The Hall–Kier alpha value is -0.940. The van der Waals surface area contributed by atoms with E-state index in [0.29, 0.717) is 29.4 Å². The number of nitrogens with one attached hydrogen (secondary N) is 1. The summed E-state index contributed by atoms with van der Waals surface area (Å²) in [7, 11) is 1.50. The van der Waals surface area contributed by atoms with Crippen molar-refractivity contribution in [2.45, 2.75) is 13.1 Å². The van der Waals surface area contributed by atoms with Gasteiger partial charge in [0.2, 0.25) is 0 Å². The lowest BCUT2D eigenvalue weighted by molar-refractivity contribution is 0.369.